The third-order valence-corrected chi connectivity index (χ3v) is 9.82. The number of rotatable bonds is 6. The van der Waals surface area contributed by atoms with Crippen molar-refractivity contribution in [2.24, 2.45) is 0 Å². The first-order valence-electron chi connectivity index (χ1n) is 18.4. The molecule has 56 heavy (non-hydrogen) atoms. The molecule has 6 aromatic carbocycles. The zero-order chi connectivity index (χ0) is 37.9. The summed E-state index contributed by atoms with van der Waals surface area (Å²) in [7, 11) is 0. The number of hydrogen-bond acceptors (Lipinski definition) is 6. The summed E-state index contributed by atoms with van der Waals surface area (Å²) in [6, 6.07) is 51.1. The van der Waals surface area contributed by atoms with Gasteiger partial charge in [0.2, 0.25) is 0 Å². The van der Waals surface area contributed by atoms with Gasteiger partial charge in [0.05, 0.1) is 29.1 Å². The van der Waals surface area contributed by atoms with Crippen molar-refractivity contribution in [3.63, 3.8) is 0 Å². The van der Waals surface area contributed by atoms with E-state index in [1.54, 1.807) is 12.4 Å². The molecule has 0 amide bonds. The molecular formula is C49H37IrN5O-2. The predicted molar refractivity (Wildman–Crippen MR) is 221 cm³/mol. The van der Waals surface area contributed by atoms with Crippen molar-refractivity contribution in [1.29, 1.82) is 5.26 Å². The number of nitriles is 1. The topological polar surface area (TPSA) is 88.5 Å². The fourth-order valence-corrected chi connectivity index (χ4v) is 7.15. The van der Waals surface area contributed by atoms with E-state index in [9.17, 15) is 5.26 Å². The molecule has 0 saturated carbocycles. The van der Waals surface area contributed by atoms with Crippen LogP contribution < -0.4 is 0 Å². The number of nitrogens with zero attached hydrogens (tertiary/aromatic N) is 5. The predicted octanol–water partition coefficient (Wildman–Crippen LogP) is 12.4. The van der Waals surface area contributed by atoms with E-state index in [1.807, 2.05) is 84.9 Å². The summed E-state index contributed by atoms with van der Waals surface area (Å²) < 4.78 is 6.66. The average molecular weight is 904 g/mol. The number of benzene rings is 6. The van der Waals surface area contributed by atoms with Gasteiger partial charge in [-0.2, -0.15) is 15.5 Å². The quantitative estimate of drug-likeness (QED) is 0.154. The molecule has 0 fully saturated rings. The van der Waals surface area contributed by atoms with Gasteiger partial charge < -0.3 is 9.40 Å². The van der Waals surface area contributed by atoms with Crippen LogP contribution in [0, 0.1) is 23.5 Å². The van der Waals surface area contributed by atoms with Crippen LogP contribution >= 0.6 is 0 Å². The Morgan fingerprint density at radius 3 is 2.12 bits per heavy atom. The first-order chi connectivity index (χ1) is 26.9. The van der Waals surface area contributed by atoms with Gasteiger partial charge in [0.1, 0.15) is 11.4 Å². The second-order valence-corrected chi connectivity index (χ2v) is 14.0. The van der Waals surface area contributed by atoms with Crippen LogP contribution in [-0.4, -0.2) is 20.2 Å². The van der Waals surface area contributed by atoms with E-state index in [4.69, 9.17) is 9.40 Å². The van der Waals surface area contributed by atoms with E-state index < -0.39 is 0 Å². The van der Waals surface area contributed by atoms with Crippen LogP contribution in [0.1, 0.15) is 56.2 Å². The molecule has 0 bridgehead atoms. The second kappa shape index (κ2) is 16.6. The Kier molecular flexibility index (Phi) is 11.2. The minimum atomic E-state index is 0. The molecule has 0 aliphatic heterocycles. The number of furan rings is 1. The molecular weight excluding hydrogens is 867 g/mol. The third kappa shape index (κ3) is 7.38. The molecule has 7 heteroatoms. The van der Waals surface area contributed by atoms with E-state index >= 15 is 0 Å². The van der Waals surface area contributed by atoms with Gasteiger partial charge in [-0.15, -0.1) is 54.1 Å². The van der Waals surface area contributed by atoms with Crippen LogP contribution in [0.4, 0.5) is 0 Å². The van der Waals surface area contributed by atoms with Crippen molar-refractivity contribution in [3.05, 3.63) is 169 Å². The largest absolute Gasteiger partial charge is 0.500 e. The van der Waals surface area contributed by atoms with Gasteiger partial charge in [0.25, 0.3) is 0 Å². The summed E-state index contributed by atoms with van der Waals surface area (Å²) in [5.74, 6) is 1.09. The van der Waals surface area contributed by atoms with Crippen LogP contribution in [0.2, 0.25) is 0 Å². The molecule has 0 unspecified atom stereocenters. The first kappa shape index (κ1) is 38.0. The smallest absolute Gasteiger partial charge is 0.130 e. The summed E-state index contributed by atoms with van der Waals surface area (Å²) >= 11 is 0. The average Bonchev–Trinajstić information content (AvgIpc) is 3.62. The van der Waals surface area contributed by atoms with Crippen molar-refractivity contribution >= 4 is 32.7 Å². The van der Waals surface area contributed by atoms with Crippen molar-refractivity contribution in [2.45, 2.75) is 39.5 Å². The summed E-state index contributed by atoms with van der Waals surface area (Å²) in [6.07, 6.45) is 3.53. The van der Waals surface area contributed by atoms with E-state index in [0.717, 1.165) is 55.2 Å². The van der Waals surface area contributed by atoms with Crippen LogP contribution in [0.25, 0.3) is 77.7 Å². The SMILES string of the molecule is CC(C)c1cccc(C(C)C)c1-c1cnnc(-c2[c-]ccc3c2oc2c(-c4ccc5ccccc5c4)c(C#N)ccc23)n1.[Ir].[c-]1ccccc1-c1ccccn1. The van der Waals surface area contributed by atoms with Crippen molar-refractivity contribution in [3.8, 4) is 51.1 Å². The van der Waals surface area contributed by atoms with Crippen LogP contribution in [0.15, 0.2) is 144 Å². The van der Waals surface area contributed by atoms with Gasteiger partial charge in [-0.05, 0) is 63.2 Å². The molecule has 9 rings (SSSR count). The molecule has 3 aromatic heterocycles. The molecule has 275 valence electrons. The number of pyridine rings is 1. The molecule has 0 aliphatic rings. The zero-order valence-electron chi connectivity index (χ0n) is 31.4. The summed E-state index contributed by atoms with van der Waals surface area (Å²) in [5, 5.41) is 23.0. The van der Waals surface area contributed by atoms with Crippen LogP contribution in [0.5, 0.6) is 0 Å². The van der Waals surface area contributed by atoms with Gasteiger partial charge in [-0.1, -0.05) is 111 Å². The maximum Gasteiger partial charge on any atom is 0.130 e. The maximum absolute atomic E-state index is 10.1. The summed E-state index contributed by atoms with van der Waals surface area (Å²) in [5.41, 5.74) is 10.5. The summed E-state index contributed by atoms with van der Waals surface area (Å²) in [6.45, 7) is 8.79. The molecule has 6 nitrogen and oxygen atoms in total. The Balaban J connectivity index is 0.000000315. The van der Waals surface area contributed by atoms with Gasteiger partial charge in [0.15, 0.2) is 0 Å². The molecule has 3 heterocycles. The van der Waals surface area contributed by atoms with E-state index in [-0.39, 0.29) is 20.1 Å². The molecule has 0 saturated heterocycles. The summed E-state index contributed by atoms with van der Waals surface area (Å²) in [4.78, 5) is 9.27. The Morgan fingerprint density at radius 2 is 1.41 bits per heavy atom. The van der Waals surface area contributed by atoms with Crippen LogP contribution in [0.3, 0.4) is 0 Å². The molecule has 9 aromatic rings. The third-order valence-electron chi connectivity index (χ3n) is 9.82. The van der Waals surface area contributed by atoms with E-state index in [2.05, 4.69) is 104 Å². The number of hydrogen-bond donors (Lipinski definition) is 0. The second-order valence-electron chi connectivity index (χ2n) is 14.0. The van der Waals surface area contributed by atoms with Crippen molar-refractivity contribution in [1.82, 2.24) is 20.2 Å². The Bertz CT molecular complexity index is 2780. The number of aromatic nitrogens is 4. The van der Waals surface area contributed by atoms with Gasteiger partial charge in [0, 0.05) is 42.8 Å². The van der Waals surface area contributed by atoms with Gasteiger partial charge in [-0.25, -0.2) is 0 Å². The minimum absolute atomic E-state index is 0. The van der Waals surface area contributed by atoms with Gasteiger partial charge >= 0.3 is 0 Å². The van der Waals surface area contributed by atoms with Gasteiger partial charge in [-0.3, -0.25) is 4.98 Å². The minimum Gasteiger partial charge on any atom is -0.500 e. The molecule has 1 radical (unpaired) electrons. The Hall–Kier alpha value is -6.32. The number of fused-ring (bicyclic) bond motifs is 4. The van der Waals surface area contributed by atoms with Crippen molar-refractivity contribution in [2.75, 3.05) is 0 Å². The van der Waals surface area contributed by atoms with Crippen molar-refractivity contribution < 1.29 is 24.5 Å². The molecule has 0 spiro atoms. The molecule has 0 aliphatic carbocycles. The monoisotopic (exact) mass is 904 g/mol. The standard InChI is InChI=1S/C38H29N4O.C11H8N.Ir/c1-22(2)28-11-7-12-29(23(3)4)35(28)33-21-40-42-38(41-33)32-14-8-13-30-31-18-17-27(20-39)34(37(31)43-36(30)32)26-16-15-24-9-5-6-10-25(24)19-26;1-2-6-10(7-3-1)11-8-4-5-9-12-11;/h5-13,15-19,21-23H,1-4H3;1-6,8-9H;/q2*-1;. The molecule has 0 atom stereocenters. The molecule has 0 N–H and O–H groups in total. The normalized spacial score (nSPS) is 11.0. The Labute approximate surface area is 340 Å². The van der Waals surface area contributed by atoms with E-state index in [1.165, 1.54) is 11.1 Å². The first-order valence-corrected chi connectivity index (χ1v) is 18.4. The van der Waals surface area contributed by atoms with E-state index in [0.29, 0.717) is 40.0 Å². The fraction of sp³-hybridized carbons (Fsp3) is 0.122. The van der Waals surface area contributed by atoms with Crippen LogP contribution in [-0.2, 0) is 20.1 Å². The zero-order valence-corrected chi connectivity index (χ0v) is 33.8. The Morgan fingerprint density at radius 1 is 0.661 bits per heavy atom. The maximum atomic E-state index is 10.1. The fourth-order valence-electron chi connectivity index (χ4n) is 7.15.